The summed E-state index contributed by atoms with van der Waals surface area (Å²) in [7, 11) is 1.60. The van der Waals surface area contributed by atoms with Gasteiger partial charge in [0.15, 0.2) is 0 Å². The van der Waals surface area contributed by atoms with Gasteiger partial charge in [-0.05, 0) is 48.9 Å². The van der Waals surface area contributed by atoms with Crippen LogP contribution in [-0.2, 0) is 9.59 Å². The summed E-state index contributed by atoms with van der Waals surface area (Å²) in [6.45, 7) is 1.62. The molecule has 1 unspecified atom stereocenters. The molecule has 6 nitrogen and oxygen atoms in total. The fraction of sp³-hybridized carbons (Fsp3) is 0.136. The molecule has 0 aliphatic carbocycles. The van der Waals surface area contributed by atoms with Gasteiger partial charge < -0.3 is 15.4 Å². The molecule has 0 fully saturated rings. The Morgan fingerprint density at radius 3 is 2.54 bits per heavy atom. The third kappa shape index (κ3) is 4.94. The van der Waals surface area contributed by atoms with E-state index in [4.69, 9.17) is 4.74 Å². The molecule has 2 N–H and O–H groups in total. The third-order valence-corrected chi connectivity index (χ3v) is 4.14. The fourth-order valence-electron chi connectivity index (χ4n) is 2.58. The van der Waals surface area contributed by atoms with Gasteiger partial charge in [0.2, 0.25) is 11.8 Å². The summed E-state index contributed by atoms with van der Waals surface area (Å²) in [6, 6.07) is 17.9. The zero-order valence-electron chi connectivity index (χ0n) is 15.7. The van der Waals surface area contributed by atoms with Crippen LogP contribution in [0.3, 0.4) is 0 Å². The summed E-state index contributed by atoms with van der Waals surface area (Å²) < 4.78 is 5.09. The number of ether oxygens (including phenoxy) is 1. The molecule has 2 aromatic carbocycles. The van der Waals surface area contributed by atoms with Gasteiger partial charge in [-0.2, -0.15) is 0 Å². The predicted octanol–water partition coefficient (Wildman–Crippen LogP) is 3.40. The number of amides is 2. The van der Waals surface area contributed by atoms with Gasteiger partial charge in [-0.3, -0.25) is 9.59 Å². The minimum absolute atomic E-state index is 0.339. The van der Waals surface area contributed by atoms with E-state index in [0.717, 1.165) is 22.2 Å². The number of hydrogen-bond acceptors (Lipinski definition) is 4. The maximum absolute atomic E-state index is 12.3. The van der Waals surface area contributed by atoms with Gasteiger partial charge in [0.05, 0.1) is 12.6 Å². The Hall–Kier alpha value is -3.67. The molecule has 3 aromatic rings. The molecular formula is C22H21N3O3. The number of rotatable bonds is 6. The lowest BCUT2D eigenvalue weighted by molar-refractivity contribution is -0.123. The van der Waals surface area contributed by atoms with Crippen molar-refractivity contribution in [2.75, 3.05) is 12.4 Å². The number of anilines is 1. The molecule has 0 saturated carbocycles. The molecule has 3 rings (SSSR count). The summed E-state index contributed by atoms with van der Waals surface area (Å²) in [6.07, 6.45) is 3.06. The lowest BCUT2D eigenvalue weighted by Crippen LogP contribution is -2.41. The van der Waals surface area contributed by atoms with Crippen molar-refractivity contribution in [3.05, 3.63) is 72.3 Å². The molecule has 0 aliphatic heterocycles. The van der Waals surface area contributed by atoms with Crippen molar-refractivity contribution in [3.63, 3.8) is 0 Å². The van der Waals surface area contributed by atoms with Crippen molar-refractivity contribution in [1.29, 1.82) is 0 Å². The second-order valence-electron chi connectivity index (χ2n) is 6.22. The molecule has 0 spiro atoms. The van der Waals surface area contributed by atoms with Crippen molar-refractivity contribution >= 4 is 34.6 Å². The van der Waals surface area contributed by atoms with Crippen LogP contribution >= 0.6 is 0 Å². The number of hydrogen-bond donors (Lipinski definition) is 2. The first-order chi connectivity index (χ1) is 13.5. The quantitative estimate of drug-likeness (QED) is 0.647. The second-order valence-corrected chi connectivity index (χ2v) is 6.22. The fourth-order valence-corrected chi connectivity index (χ4v) is 2.58. The summed E-state index contributed by atoms with van der Waals surface area (Å²) in [5.41, 5.74) is 1.65. The predicted molar refractivity (Wildman–Crippen MR) is 110 cm³/mol. The number of nitrogens with zero attached hydrogens (tertiary/aromatic N) is 1. The number of nitrogens with one attached hydrogen (secondary N) is 2. The normalized spacial score (nSPS) is 11.9. The Morgan fingerprint density at radius 2 is 1.79 bits per heavy atom. The highest BCUT2D eigenvalue weighted by molar-refractivity contribution is 5.99. The molecule has 142 valence electrons. The van der Waals surface area contributed by atoms with E-state index in [1.165, 1.54) is 6.08 Å². The van der Waals surface area contributed by atoms with Crippen LogP contribution in [-0.4, -0.2) is 29.9 Å². The van der Waals surface area contributed by atoms with Crippen molar-refractivity contribution in [2.24, 2.45) is 0 Å². The highest BCUT2D eigenvalue weighted by Gasteiger charge is 2.15. The van der Waals surface area contributed by atoms with Gasteiger partial charge in [-0.15, -0.1) is 0 Å². The van der Waals surface area contributed by atoms with E-state index < -0.39 is 6.04 Å². The summed E-state index contributed by atoms with van der Waals surface area (Å²) in [5.74, 6) is 0.492. The van der Waals surface area contributed by atoms with Crippen molar-refractivity contribution < 1.29 is 14.3 Å². The molecule has 2 amide bonds. The van der Waals surface area contributed by atoms with Gasteiger partial charge in [0, 0.05) is 11.5 Å². The second kappa shape index (κ2) is 8.81. The Balaban J connectivity index is 1.56. The first-order valence-electron chi connectivity index (χ1n) is 8.84. The molecule has 1 heterocycles. The van der Waals surface area contributed by atoms with Crippen LogP contribution < -0.4 is 15.4 Å². The van der Waals surface area contributed by atoms with E-state index in [-0.39, 0.29) is 11.8 Å². The van der Waals surface area contributed by atoms with E-state index in [9.17, 15) is 9.59 Å². The number of aromatic nitrogens is 1. The van der Waals surface area contributed by atoms with E-state index in [1.807, 2.05) is 54.6 Å². The van der Waals surface area contributed by atoms with Crippen LogP contribution in [0.25, 0.3) is 17.0 Å². The third-order valence-electron chi connectivity index (χ3n) is 4.14. The molecule has 1 aromatic heterocycles. The summed E-state index contributed by atoms with van der Waals surface area (Å²) in [5, 5.41) is 6.35. The Bertz CT molecular complexity index is 1010. The van der Waals surface area contributed by atoms with Crippen LogP contribution in [0.5, 0.6) is 5.75 Å². The molecule has 0 radical (unpaired) electrons. The lowest BCUT2D eigenvalue weighted by atomic mass is 10.2. The zero-order chi connectivity index (χ0) is 19.9. The summed E-state index contributed by atoms with van der Waals surface area (Å²) >= 11 is 0. The molecule has 1 atom stereocenters. The largest absolute Gasteiger partial charge is 0.497 e. The number of methoxy groups -OCH3 is 1. The van der Waals surface area contributed by atoms with Crippen LogP contribution in [0.1, 0.15) is 12.5 Å². The van der Waals surface area contributed by atoms with E-state index in [0.29, 0.717) is 5.82 Å². The molecule has 6 heteroatoms. The Kier molecular flexibility index (Phi) is 6.01. The SMILES string of the molecule is COc1ccc(/C=C/C(=O)NC(C)C(=O)Nc2ccc3ccccc3n2)cc1. The molecule has 0 aliphatic rings. The number of carbonyl (C=O) groups excluding carboxylic acids is 2. The molecule has 0 saturated heterocycles. The number of benzene rings is 2. The van der Waals surface area contributed by atoms with Crippen LogP contribution in [0.4, 0.5) is 5.82 Å². The van der Waals surface area contributed by atoms with E-state index in [2.05, 4.69) is 15.6 Å². The standard InChI is InChI=1S/C22H21N3O3/c1-15(23-21(26)14-9-16-7-11-18(28-2)12-8-16)22(27)25-20-13-10-17-5-3-4-6-19(17)24-20/h3-15H,1-2H3,(H,23,26)(H,24,25,27)/b14-9+. The highest BCUT2D eigenvalue weighted by atomic mass is 16.5. The minimum atomic E-state index is -0.707. The highest BCUT2D eigenvalue weighted by Crippen LogP contribution is 2.15. The smallest absolute Gasteiger partial charge is 0.247 e. The number of para-hydroxylation sites is 1. The van der Waals surface area contributed by atoms with Gasteiger partial charge in [0.1, 0.15) is 17.6 Å². The van der Waals surface area contributed by atoms with Gasteiger partial charge in [0.25, 0.3) is 0 Å². The monoisotopic (exact) mass is 375 g/mol. The van der Waals surface area contributed by atoms with E-state index >= 15 is 0 Å². The summed E-state index contributed by atoms with van der Waals surface area (Å²) in [4.78, 5) is 28.8. The van der Waals surface area contributed by atoms with Crippen LogP contribution in [0, 0.1) is 0 Å². The van der Waals surface area contributed by atoms with Gasteiger partial charge in [-0.25, -0.2) is 4.98 Å². The number of fused-ring (bicyclic) bond motifs is 1. The minimum Gasteiger partial charge on any atom is -0.497 e. The molecule has 28 heavy (non-hydrogen) atoms. The van der Waals surface area contributed by atoms with Gasteiger partial charge in [-0.1, -0.05) is 30.3 Å². The average molecular weight is 375 g/mol. The average Bonchev–Trinajstić information content (AvgIpc) is 2.72. The lowest BCUT2D eigenvalue weighted by Gasteiger charge is -2.13. The topological polar surface area (TPSA) is 80.3 Å². The molecule has 0 bridgehead atoms. The maximum atomic E-state index is 12.3. The Labute approximate surface area is 163 Å². The van der Waals surface area contributed by atoms with Crippen molar-refractivity contribution in [1.82, 2.24) is 10.3 Å². The number of pyridine rings is 1. The van der Waals surface area contributed by atoms with Crippen LogP contribution in [0.2, 0.25) is 0 Å². The zero-order valence-corrected chi connectivity index (χ0v) is 15.7. The molecular weight excluding hydrogens is 354 g/mol. The maximum Gasteiger partial charge on any atom is 0.247 e. The van der Waals surface area contributed by atoms with Crippen molar-refractivity contribution in [2.45, 2.75) is 13.0 Å². The first kappa shape index (κ1) is 19.1. The Morgan fingerprint density at radius 1 is 1.04 bits per heavy atom. The van der Waals surface area contributed by atoms with Crippen molar-refractivity contribution in [3.8, 4) is 5.75 Å². The van der Waals surface area contributed by atoms with Gasteiger partial charge >= 0.3 is 0 Å². The van der Waals surface area contributed by atoms with Crippen LogP contribution in [0.15, 0.2) is 66.7 Å². The van der Waals surface area contributed by atoms with E-state index in [1.54, 1.807) is 26.2 Å². The first-order valence-corrected chi connectivity index (χ1v) is 8.84. The number of carbonyl (C=O) groups is 2.